The van der Waals surface area contributed by atoms with Gasteiger partial charge in [-0.2, -0.15) is 13.2 Å². The number of hydrogen-bond donors (Lipinski definition) is 1. The van der Waals surface area contributed by atoms with Crippen LogP contribution in [0.15, 0.2) is 22.9 Å². The maximum atomic E-state index is 12.7. The average molecular weight is 390 g/mol. The van der Waals surface area contributed by atoms with Gasteiger partial charge >= 0.3 is 12.2 Å². The van der Waals surface area contributed by atoms with Gasteiger partial charge < -0.3 is 14.3 Å². The predicted molar refractivity (Wildman–Crippen MR) is 88.3 cm³/mol. The Morgan fingerprint density at radius 1 is 1.27 bits per heavy atom. The van der Waals surface area contributed by atoms with Crippen LogP contribution in [0.1, 0.15) is 11.3 Å². The lowest BCUT2D eigenvalue weighted by Gasteiger charge is -2.35. The van der Waals surface area contributed by atoms with Crippen LogP contribution in [0.3, 0.4) is 0 Å². The topological polar surface area (TPSA) is 74.5 Å². The molecule has 1 N–H and O–H groups in total. The van der Waals surface area contributed by atoms with Gasteiger partial charge in [-0.05, 0) is 13.0 Å². The monoisotopic (exact) mass is 389 g/mol. The van der Waals surface area contributed by atoms with E-state index < -0.39 is 11.7 Å². The van der Waals surface area contributed by atoms with Crippen molar-refractivity contribution < 1.29 is 22.5 Å². The number of anilines is 2. The van der Waals surface area contributed by atoms with Crippen LogP contribution in [0.25, 0.3) is 0 Å². The minimum atomic E-state index is -4.49. The van der Waals surface area contributed by atoms with Crippen molar-refractivity contribution >= 4 is 29.3 Å². The van der Waals surface area contributed by atoms with Crippen LogP contribution < -0.4 is 10.2 Å². The quantitative estimate of drug-likeness (QED) is 0.852. The summed E-state index contributed by atoms with van der Waals surface area (Å²) in [6, 6.07) is 2.13. The van der Waals surface area contributed by atoms with Gasteiger partial charge in [0.25, 0.3) is 0 Å². The Morgan fingerprint density at radius 3 is 2.50 bits per heavy atom. The third-order valence-corrected chi connectivity index (χ3v) is 4.16. The number of piperazine rings is 1. The molecule has 0 unspecified atom stereocenters. The molecule has 3 heterocycles. The SMILES string of the molecule is Cc1cc(NC(=O)N2CCN(c3ncc(C(F)(F)F)cc3Cl)CC2)no1. The van der Waals surface area contributed by atoms with E-state index in [-0.39, 0.29) is 16.9 Å². The van der Waals surface area contributed by atoms with Crippen LogP contribution in [-0.2, 0) is 6.18 Å². The number of alkyl halides is 3. The zero-order valence-electron chi connectivity index (χ0n) is 13.7. The fraction of sp³-hybridized carbons (Fsp3) is 0.400. The molecule has 11 heteroatoms. The van der Waals surface area contributed by atoms with Crippen molar-refractivity contribution in [3.63, 3.8) is 0 Å². The molecule has 2 amide bonds. The van der Waals surface area contributed by atoms with Gasteiger partial charge in [-0.15, -0.1) is 0 Å². The summed E-state index contributed by atoms with van der Waals surface area (Å²) < 4.78 is 42.9. The second-order valence-corrected chi connectivity index (χ2v) is 6.16. The highest BCUT2D eigenvalue weighted by atomic mass is 35.5. The van der Waals surface area contributed by atoms with E-state index in [4.69, 9.17) is 16.1 Å². The normalized spacial score (nSPS) is 15.3. The summed E-state index contributed by atoms with van der Waals surface area (Å²) in [6.07, 6.45) is -3.74. The lowest BCUT2D eigenvalue weighted by molar-refractivity contribution is -0.137. The number of aryl methyl sites for hydroxylation is 1. The molecular formula is C15H15ClF3N5O2. The van der Waals surface area contributed by atoms with Gasteiger partial charge in [0.2, 0.25) is 0 Å². The first-order valence-corrected chi connectivity index (χ1v) is 8.09. The molecule has 0 aromatic carbocycles. The summed E-state index contributed by atoms with van der Waals surface area (Å²) in [5, 5.41) is 6.24. The second-order valence-electron chi connectivity index (χ2n) is 5.75. The van der Waals surface area contributed by atoms with Crippen molar-refractivity contribution in [2.75, 3.05) is 36.4 Å². The number of carbonyl (C=O) groups excluding carboxylic acids is 1. The van der Waals surface area contributed by atoms with Crippen molar-refractivity contribution in [1.82, 2.24) is 15.0 Å². The van der Waals surface area contributed by atoms with Gasteiger partial charge in [-0.3, -0.25) is 5.32 Å². The molecule has 1 aliphatic heterocycles. The molecule has 7 nitrogen and oxygen atoms in total. The molecule has 0 bridgehead atoms. The number of carbonyl (C=O) groups is 1. The maximum absolute atomic E-state index is 12.7. The van der Waals surface area contributed by atoms with E-state index in [0.29, 0.717) is 37.8 Å². The minimum absolute atomic E-state index is 0.0733. The summed E-state index contributed by atoms with van der Waals surface area (Å²) in [5.41, 5.74) is -0.896. The van der Waals surface area contributed by atoms with Gasteiger partial charge in [0.05, 0.1) is 10.6 Å². The summed E-state index contributed by atoms with van der Waals surface area (Å²) in [6.45, 7) is 3.22. The number of rotatable bonds is 2. The van der Waals surface area contributed by atoms with Crippen LogP contribution in [-0.4, -0.2) is 47.3 Å². The molecular weight excluding hydrogens is 375 g/mol. The fourth-order valence-corrected chi connectivity index (χ4v) is 2.84. The Bertz CT molecular complexity index is 803. The van der Waals surface area contributed by atoms with Crippen molar-refractivity contribution in [2.45, 2.75) is 13.1 Å². The summed E-state index contributed by atoms with van der Waals surface area (Å²) in [4.78, 5) is 19.3. The lowest BCUT2D eigenvalue weighted by atomic mass is 10.2. The van der Waals surface area contributed by atoms with Crippen molar-refractivity contribution in [1.29, 1.82) is 0 Å². The third kappa shape index (κ3) is 4.01. The summed E-state index contributed by atoms with van der Waals surface area (Å²) in [5.74, 6) is 1.17. The van der Waals surface area contributed by atoms with E-state index in [1.807, 2.05) is 0 Å². The molecule has 140 valence electrons. The highest BCUT2D eigenvalue weighted by molar-refractivity contribution is 6.33. The Morgan fingerprint density at radius 2 is 1.96 bits per heavy atom. The molecule has 2 aromatic heterocycles. The number of hydrogen-bond acceptors (Lipinski definition) is 5. The van der Waals surface area contributed by atoms with Crippen LogP contribution in [0.4, 0.5) is 29.6 Å². The molecule has 26 heavy (non-hydrogen) atoms. The van der Waals surface area contributed by atoms with E-state index in [1.165, 1.54) is 0 Å². The molecule has 0 atom stereocenters. The highest BCUT2D eigenvalue weighted by Crippen LogP contribution is 2.33. The van der Waals surface area contributed by atoms with Crippen molar-refractivity contribution in [2.24, 2.45) is 0 Å². The molecule has 3 rings (SSSR count). The average Bonchev–Trinajstić information content (AvgIpc) is 2.99. The Labute approximate surface area is 151 Å². The molecule has 1 fully saturated rings. The largest absolute Gasteiger partial charge is 0.417 e. The Balaban J connectivity index is 1.60. The first-order valence-electron chi connectivity index (χ1n) is 7.71. The third-order valence-electron chi connectivity index (χ3n) is 3.88. The van der Waals surface area contributed by atoms with E-state index in [0.717, 1.165) is 12.3 Å². The standard InChI is InChI=1S/C15H15ClF3N5O2/c1-9-6-12(22-26-9)21-14(25)24-4-2-23(3-5-24)13-11(16)7-10(8-20-13)15(17,18)19/h6-8H,2-5H2,1H3,(H,21,22,25). The number of nitrogens with zero attached hydrogens (tertiary/aromatic N) is 4. The van der Waals surface area contributed by atoms with Gasteiger partial charge in [-0.25, -0.2) is 9.78 Å². The smallest absolute Gasteiger partial charge is 0.360 e. The van der Waals surface area contributed by atoms with Gasteiger partial charge in [0, 0.05) is 38.4 Å². The molecule has 0 saturated carbocycles. The van der Waals surface area contributed by atoms with Gasteiger partial charge in [-0.1, -0.05) is 16.8 Å². The molecule has 0 aliphatic carbocycles. The van der Waals surface area contributed by atoms with Crippen molar-refractivity contribution in [3.8, 4) is 0 Å². The van der Waals surface area contributed by atoms with E-state index in [9.17, 15) is 18.0 Å². The number of halogens is 4. The van der Waals surface area contributed by atoms with E-state index in [2.05, 4.69) is 15.5 Å². The van der Waals surface area contributed by atoms with Crippen LogP contribution in [0, 0.1) is 6.92 Å². The molecule has 1 saturated heterocycles. The number of amides is 2. The van der Waals surface area contributed by atoms with E-state index in [1.54, 1.807) is 22.8 Å². The first-order chi connectivity index (χ1) is 12.2. The number of aromatic nitrogens is 2. The van der Waals surface area contributed by atoms with Crippen molar-refractivity contribution in [3.05, 3.63) is 34.7 Å². The predicted octanol–water partition coefficient (Wildman–Crippen LogP) is 3.40. The molecule has 1 aliphatic rings. The summed E-state index contributed by atoms with van der Waals surface area (Å²) >= 11 is 5.96. The number of pyridine rings is 1. The Hall–Kier alpha value is -2.49. The maximum Gasteiger partial charge on any atom is 0.417 e. The summed E-state index contributed by atoms with van der Waals surface area (Å²) in [7, 11) is 0. The number of urea groups is 1. The lowest BCUT2D eigenvalue weighted by Crippen LogP contribution is -2.50. The molecule has 2 aromatic rings. The molecule has 0 spiro atoms. The van der Waals surface area contributed by atoms with Crippen LogP contribution in [0.5, 0.6) is 0 Å². The molecule has 0 radical (unpaired) electrons. The zero-order valence-corrected chi connectivity index (χ0v) is 14.4. The van der Waals surface area contributed by atoms with Gasteiger partial charge in [0.1, 0.15) is 11.6 Å². The second kappa shape index (κ2) is 7.02. The zero-order chi connectivity index (χ0) is 18.9. The van der Waals surface area contributed by atoms with Crippen LogP contribution in [0.2, 0.25) is 5.02 Å². The first kappa shape index (κ1) is 18.3. The van der Waals surface area contributed by atoms with Gasteiger partial charge in [0.15, 0.2) is 5.82 Å². The Kier molecular flexibility index (Phi) is 4.94. The fourth-order valence-electron chi connectivity index (χ4n) is 2.55. The number of nitrogens with one attached hydrogen (secondary N) is 1. The van der Waals surface area contributed by atoms with E-state index >= 15 is 0 Å². The van der Waals surface area contributed by atoms with Crippen LogP contribution >= 0.6 is 11.6 Å². The highest BCUT2D eigenvalue weighted by Gasteiger charge is 2.32. The minimum Gasteiger partial charge on any atom is -0.360 e.